The van der Waals surface area contributed by atoms with Crippen molar-refractivity contribution in [2.75, 3.05) is 6.54 Å². The van der Waals surface area contributed by atoms with E-state index in [1.165, 1.54) is 0 Å². The number of benzene rings is 1. The molecule has 0 bridgehead atoms. The predicted molar refractivity (Wildman–Crippen MR) is 129 cm³/mol. The summed E-state index contributed by atoms with van der Waals surface area (Å²) in [5.74, 6) is 0.00864. The molecule has 2 unspecified atom stereocenters. The molecule has 4 heteroatoms. The standard InChI is InChI=1S/C27H38N2O2/c1-8-9-11-23(19(2)3)22-15-13-21(14-16-22)20(4)28-26(31)24-12-10-17-29(24)25(30)18-27(5,6)7/h8-9,11,13-16,20,24H,2,10,12,17-18H2,1,3-7H3,(H,28,31)/b9-8-,23-11+. The number of likely N-dealkylation sites (tertiary alicyclic amines) is 1. The molecule has 0 aliphatic carbocycles. The second-order valence-corrected chi connectivity index (χ2v) is 9.72. The van der Waals surface area contributed by atoms with E-state index in [0.29, 0.717) is 13.0 Å². The molecule has 0 saturated carbocycles. The van der Waals surface area contributed by atoms with Crippen LogP contribution in [-0.2, 0) is 9.59 Å². The maximum Gasteiger partial charge on any atom is 0.243 e. The minimum Gasteiger partial charge on any atom is -0.348 e. The van der Waals surface area contributed by atoms with Gasteiger partial charge in [0, 0.05) is 13.0 Å². The molecule has 1 N–H and O–H groups in total. The van der Waals surface area contributed by atoms with Crippen molar-refractivity contribution in [2.45, 2.75) is 72.9 Å². The van der Waals surface area contributed by atoms with Gasteiger partial charge >= 0.3 is 0 Å². The minimum atomic E-state index is -0.365. The summed E-state index contributed by atoms with van der Waals surface area (Å²) >= 11 is 0. The van der Waals surface area contributed by atoms with Crippen LogP contribution in [0.4, 0.5) is 0 Å². The molecule has 31 heavy (non-hydrogen) atoms. The van der Waals surface area contributed by atoms with Gasteiger partial charge in [-0.15, -0.1) is 0 Å². The molecule has 1 fully saturated rings. The Morgan fingerprint density at radius 1 is 1.26 bits per heavy atom. The quantitative estimate of drug-likeness (QED) is 0.562. The molecule has 2 amide bonds. The first kappa shape index (κ1) is 24.6. The van der Waals surface area contributed by atoms with Gasteiger partial charge in [-0.2, -0.15) is 0 Å². The molecule has 0 aromatic heterocycles. The van der Waals surface area contributed by atoms with E-state index in [1.54, 1.807) is 4.90 Å². The highest BCUT2D eigenvalue weighted by molar-refractivity contribution is 5.88. The Balaban J connectivity index is 2.07. The van der Waals surface area contributed by atoms with Gasteiger partial charge in [-0.1, -0.05) is 75.4 Å². The average molecular weight is 423 g/mol. The zero-order valence-corrected chi connectivity index (χ0v) is 20.0. The summed E-state index contributed by atoms with van der Waals surface area (Å²) in [4.78, 5) is 27.4. The zero-order valence-electron chi connectivity index (χ0n) is 20.0. The number of amides is 2. The first-order chi connectivity index (χ1) is 14.5. The molecule has 1 heterocycles. The summed E-state index contributed by atoms with van der Waals surface area (Å²) in [6.07, 6.45) is 8.12. The monoisotopic (exact) mass is 422 g/mol. The second-order valence-electron chi connectivity index (χ2n) is 9.72. The fourth-order valence-corrected chi connectivity index (χ4v) is 3.91. The predicted octanol–water partition coefficient (Wildman–Crippen LogP) is 5.83. The maximum absolute atomic E-state index is 13.0. The van der Waals surface area contributed by atoms with Crippen LogP contribution in [0, 0.1) is 5.41 Å². The van der Waals surface area contributed by atoms with Crippen molar-refractivity contribution in [3.63, 3.8) is 0 Å². The Kier molecular flexibility index (Phi) is 8.43. The van der Waals surface area contributed by atoms with E-state index >= 15 is 0 Å². The summed E-state index contributed by atoms with van der Waals surface area (Å²) in [6.45, 7) is 16.9. The van der Waals surface area contributed by atoms with Gasteiger partial charge in [-0.05, 0) is 55.7 Å². The van der Waals surface area contributed by atoms with Gasteiger partial charge in [0.05, 0.1) is 6.04 Å². The summed E-state index contributed by atoms with van der Waals surface area (Å²) in [6, 6.07) is 7.73. The molecule has 2 atom stereocenters. The SMILES string of the molecule is C=C(C)/C(=C\C=C/C)c1ccc(C(C)NC(=O)C2CCCN2C(=O)CC(C)(C)C)cc1. The molecule has 1 aliphatic heterocycles. The average Bonchev–Trinajstić information content (AvgIpc) is 3.17. The Labute approximate surface area is 188 Å². The van der Waals surface area contributed by atoms with Gasteiger partial charge in [0.2, 0.25) is 11.8 Å². The number of carbonyl (C=O) groups is 2. The van der Waals surface area contributed by atoms with E-state index in [9.17, 15) is 9.59 Å². The number of carbonyl (C=O) groups excluding carboxylic acids is 2. The van der Waals surface area contributed by atoms with Crippen LogP contribution in [0.3, 0.4) is 0 Å². The molecule has 0 radical (unpaired) electrons. The molecule has 168 valence electrons. The largest absolute Gasteiger partial charge is 0.348 e. The van der Waals surface area contributed by atoms with E-state index < -0.39 is 0 Å². The molecular formula is C27H38N2O2. The van der Waals surface area contributed by atoms with Crippen LogP contribution < -0.4 is 5.32 Å². The van der Waals surface area contributed by atoms with E-state index in [0.717, 1.165) is 35.1 Å². The van der Waals surface area contributed by atoms with Crippen LogP contribution in [0.25, 0.3) is 5.57 Å². The van der Waals surface area contributed by atoms with Crippen molar-refractivity contribution in [2.24, 2.45) is 5.41 Å². The van der Waals surface area contributed by atoms with Crippen LogP contribution in [0.2, 0.25) is 0 Å². The molecule has 1 aromatic rings. The number of allylic oxidation sites excluding steroid dienone is 5. The number of nitrogens with zero attached hydrogens (tertiary/aromatic N) is 1. The fourth-order valence-electron chi connectivity index (χ4n) is 3.91. The highest BCUT2D eigenvalue weighted by Crippen LogP contribution is 2.26. The van der Waals surface area contributed by atoms with E-state index in [4.69, 9.17) is 0 Å². The van der Waals surface area contributed by atoms with Gasteiger partial charge in [0.1, 0.15) is 6.04 Å². The molecule has 1 aromatic carbocycles. The Morgan fingerprint density at radius 2 is 1.90 bits per heavy atom. The number of nitrogens with one attached hydrogen (secondary N) is 1. The first-order valence-electron chi connectivity index (χ1n) is 11.2. The molecule has 2 rings (SSSR count). The summed E-state index contributed by atoms with van der Waals surface area (Å²) < 4.78 is 0. The summed E-state index contributed by atoms with van der Waals surface area (Å²) in [7, 11) is 0. The molecule has 0 spiro atoms. The van der Waals surface area contributed by atoms with Crippen LogP contribution in [0.15, 0.2) is 54.6 Å². The smallest absolute Gasteiger partial charge is 0.243 e. The highest BCUT2D eigenvalue weighted by atomic mass is 16.2. The van der Waals surface area contributed by atoms with E-state index in [-0.39, 0.29) is 29.3 Å². The van der Waals surface area contributed by atoms with E-state index in [2.05, 4.69) is 50.9 Å². The zero-order chi connectivity index (χ0) is 23.2. The fraction of sp³-hybridized carbons (Fsp3) is 0.481. The van der Waals surface area contributed by atoms with Gasteiger partial charge in [-0.3, -0.25) is 9.59 Å². The lowest BCUT2D eigenvalue weighted by Gasteiger charge is -2.28. The summed E-state index contributed by atoms with van der Waals surface area (Å²) in [5.41, 5.74) is 4.16. The Morgan fingerprint density at radius 3 is 2.45 bits per heavy atom. The molecular weight excluding hydrogens is 384 g/mol. The second kappa shape index (κ2) is 10.6. The van der Waals surface area contributed by atoms with Crippen molar-refractivity contribution in [3.05, 3.63) is 65.8 Å². The topological polar surface area (TPSA) is 49.4 Å². The van der Waals surface area contributed by atoms with Gasteiger partial charge in [0.15, 0.2) is 0 Å². The maximum atomic E-state index is 13.0. The Hall–Kier alpha value is -2.62. The molecule has 1 aliphatic rings. The number of hydrogen-bond acceptors (Lipinski definition) is 2. The third-order valence-corrected chi connectivity index (χ3v) is 5.55. The van der Waals surface area contributed by atoms with Crippen LogP contribution in [-0.4, -0.2) is 29.3 Å². The van der Waals surface area contributed by atoms with Crippen molar-refractivity contribution >= 4 is 17.4 Å². The normalized spacial score (nSPS) is 18.3. The van der Waals surface area contributed by atoms with Crippen LogP contribution in [0.1, 0.15) is 78.0 Å². The van der Waals surface area contributed by atoms with Crippen LogP contribution >= 0.6 is 0 Å². The highest BCUT2D eigenvalue weighted by Gasteiger charge is 2.35. The van der Waals surface area contributed by atoms with E-state index in [1.807, 2.05) is 45.1 Å². The third kappa shape index (κ3) is 6.95. The van der Waals surface area contributed by atoms with Crippen molar-refractivity contribution < 1.29 is 9.59 Å². The lowest BCUT2D eigenvalue weighted by Crippen LogP contribution is -2.47. The minimum absolute atomic E-state index is 0.0630. The third-order valence-electron chi connectivity index (χ3n) is 5.55. The van der Waals surface area contributed by atoms with Crippen LogP contribution in [0.5, 0.6) is 0 Å². The number of hydrogen-bond donors (Lipinski definition) is 1. The van der Waals surface area contributed by atoms with Crippen molar-refractivity contribution in [1.29, 1.82) is 0 Å². The number of rotatable bonds is 7. The first-order valence-corrected chi connectivity index (χ1v) is 11.2. The van der Waals surface area contributed by atoms with Crippen molar-refractivity contribution in [1.82, 2.24) is 10.2 Å². The lowest BCUT2D eigenvalue weighted by molar-refractivity contribution is -0.140. The van der Waals surface area contributed by atoms with Crippen molar-refractivity contribution in [3.8, 4) is 0 Å². The molecule has 1 saturated heterocycles. The molecule has 4 nitrogen and oxygen atoms in total. The van der Waals surface area contributed by atoms with Gasteiger partial charge < -0.3 is 10.2 Å². The van der Waals surface area contributed by atoms with Gasteiger partial charge in [0.25, 0.3) is 0 Å². The Bertz CT molecular complexity index is 856. The summed E-state index contributed by atoms with van der Waals surface area (Å²) in [5, 5.41) is 3.12. The lowest BCUT2D eigenvalue weighted by atomic mass is 9.91. The van der Waals surface area contributed by atoms with Gasteiger partial charge in [-0.25, -0.2) is 0 Å².